The number of nitrogens with zero attached hydrogens (tertiary/aromatic N) is 3. The highest BCUT2D eigenvalue weighted by Crippen LogP contribution is 2.31. The van der Waals surface area contributed by atoms with Crippen LogP contribution in [0.1, 0.15) is 22.5 Å². The van der Waals surface area contributed by atoms with Crippen LogP contribution >= 0.6 is 0 Å². The Balaban J connectivity index is 1.62. The summed E-state index contributed by atoms with van der Waals surface area (Å²) in [4.78, 5) is 9.68. The summed E-state index contributed by atoms with van der Waals surface area (Å²) in [6.07, 6.45) is 2.80. The minimum Gasteiger partial charge on any atom is -0.504 e. The molecule has 6 nitrogen and oxygen atoms in total. The lowest BCUT2D eigenvalue weighted by molar-refractivity contribution is 0.373. The number of methoxy groups -OCH3 is 1. The number of ether oxygens (including phenoxy) is 1. The van der Waals surface area contributed by atoms with E-state index in [1.54, 1.807) is 22.6 Å². The highest BCUT2D eigenvalue weighted by atomic mass is 16.5. The van der Waals surface area contributed by atoms with E-state index in [4.69, 9.17) is 14.7 Å². The Morgan fingerprint density at radius 1 is 0.788 bits per heavy atom. The van der Waals surface area contributed by atoms with Gasteiger partial charge >= 0.3 is 0 Å². The molecule has 0 fully saturated rings. The number of phenols is 1. The summed E-state index contributed by atoms with van der Waals surface area (Å²) < 4.78 is 6.92. The molecule has 0 aliphatic carbocycles. The molecule has 0 saturated carbocycles. The van der Waals surface area contributed by atoms with Crippen LogP contribution in [0.2, 0.25) is 0 Å². The van der Waals surface area contributed by atoms with Crippen LogP contribution in [0.3, 0.4) is 0 Å². The Morgan fingerprint density at radius 3 is 2.21 bits per heavy atom. The van der Waals surface area contributed by atoms with Gasteiger partial charge in [-0.25, -0.2) is 9.97 Å². The smallest absolute Gasteiger partial charge is 0.219 e. The minimum absolute atomic E-state index is 0.0716. The molecule has 0 aliphatic heterocycles. The van der Waals surface area contributed by atoms with Crippen LogP contribution in [-0.2, 0) is 12.8 Å². The van der Waals surface area contributed by atoms with E-state index in [-0.39, 0.29) is 11.6 Å². The zero-order chi connectivity index (χ0) is 22.8. The van der Waals surface area contributed by atoms with Gasteiger partial charge in [0, 0.05) is 24.6 Å². The number of rotatable bonds is 6. The quantitative estimate of drug-likeness (QED) is 0.391. The summed E-state index contributed by atoms with van der Waals surface area (Å²) in [5.74, 6) is 0.529. The van der Waals surface area contributed by atoms with Gasteiger partial charge in [0.05, 0.1) is 18.5 Å². The van der Waals surface area contributed by atoms with Crippen LogP contribution in [-0.4, -0.2) is 31.7 Å². The predicted molar refractivity (Wildman–Crippen MR) is 127 cm³/mol. The molecule has 0 spiro atoms. The van der Waals surface area contributed by atoms with Crippen LogP contribution < -0.4 is 4.74 Å². The molecular weight excluding hydrogens is 414 g/mol. The third-order valence-electron chi connectivity index (χ3n) is 5.62. The van der Waals surface area contributed by atoms with E-state index in [0.717, 1.165) is 28.1 Å². The molecule has 0 saturated heterocycles. The van der Waals surface area contributed by atoms with E-state index in [1.807, 2.05) is 54.7 Å². The van der Waals surface area contributed by atoms with Crippen molar-refractivity contribution >= 4 is 5.65 Å². The molecule has 6 heteroatoms. The van der Waals surface area contributed by atoms with E-state index >= 15 is 0 Å². The molecule has 5 rings (SSSR count). The highest BCUT2D eigenvalue weighted by Gasteiger charge is 2.18. The number of fused-ring (bicyclic) bond motifs is 1. The van der Waals surface area contributed by atoms with Crippen molar-refractivity contribution in [3.05, 3.63) is 108 Å². The van der Waals surface area contributed by atoms with Crippen molar-refractivity contribution < 1.29 is 14.9 Å². The minimum atomic E-state index is 0.0716. The lowest BCUT2D eigenvalue weighted by Gasteiger charge is -2.08. The molecule has 2 aromatic heterocycles. The first-order chi connectivity index (χ1) is 16.1. The molecule has 0 aliphatic rings. The fraction of sp³-hybridized carbons (Fsp3) is 0.111. The van der Waals surface area contributed by atoms with Crippen LogP contribution in [0.15, 0.2) is 85.1 Å². The van der Waals surface area contributed by atoms with E-state index in [0.29, 0.717) is 29.9 Å². The molecule has 0 unspecified atom stereocenters. The first-order valence-electron chi connectivity index (χ1n) is 10.7. The number of hydrogen-bond donors (Lipinski definition) is 2. The molecule has 3 aromatic carbocycles. The van der Waals surface area contributed by atoms with Crippen molar-refractivity contribution in [3.63, 3.8) is 0 Å². The Morgan fingerprint density at radius 2 is 1.48 bits per heavy atom. The molecule has 0 radical (unpaired) electrons. The van der Waals surface area contributed by atoms with Gasteiger partial charge in [-0.05, 0) is 23.3 Å². The largest absolute Gasteiger partial charge is 0.504 e. The Bertz CT molecular complexity index is 1410. The first kappa shape index (κ1) is 20.6. The van der Waals surface area contributed by atoms with Gasteiger partial charge < -0.3 is 14.9 Å². The summed E-state index contributed by atoms with van der Waals surface area (Å²) in [6, 6.07) is 25.1. The van der Waals surface area contributed by atoms with Crippen molar-refractivity contribution in [2.75, 3.05) is 7.11 Å². The van der Waals surface area contributed by atoms with Crippen molar-refractivity contribution in [1.29, 1.82) is 0 Å². The van der Waals surface area contributed by atoms with Crippen molar-refractivity contribution in [2.24, 2.45) is 0 Å². The van der Waals surface area contributed by atoms with Crippen molar-refractivity contribution in [1.82, 2.24) is 14.4 Å². The van der Waals surface area contributed by atoms with Crippen LogP contribution in [0, 0.1) is 0 Å². The monoisotopic (exact) mass is 437 g/mol. The molecule has 2 N–H and O–H groups in total. The van der Waals surface area contributed by atoms with Gasteiger partial charge in [-0.3, -0.25) is 4.40 Å². The molecule has 2 heterocycles. The zero-order valence-corrected chi connectivity index (χ0v) is 18.1. The van der Waals surface area contributed by atoms with Gasteiger partial charge in [0.1, 0.15) is 5.69 Å². The zero-order valence-electron chi connectivity index (χ0n) is 18.1. The summed E-state index contributed by atoms with van der Waals surface area (Å²) in [5.41, 5.74) is 5.65. The number of hydrogen-bond acceptors (Lipinski definition) is 5. The Labute approximate surface area is 191 Å². The normalized spacial score (nSPS) is 11.1. The average Bonchev–Trinajstić information content (AvgIpc) is 3.17. The van der Waals surface area contributed by atoms with Crippen molar-refractivity contribution in [3.8, 4) is 28.6 Å². The Kier molecular flexibility index (Phi) is 5.40. The first-order valence-corrected chi connectivity index (χ1v) is 10.7. The number of benzene rings is 3. The van der Waals surface area contributed by atoms with Gasteiger partial charge in [-0.1, -0.05) is 66.7 Å². The molecule has 164 valence electrons. The van der Waals surface area contributed by atoms with Gasteiger partial charge in [0.25, 0.3) is 0 Å². The van der Waals surface area contributed by atoms with E-state index in [2.05, 4.69) is 12.1 Å². The predicted octanol–water partition coefficient (Wildman–Crippen LogP) is 5.00. The lowest BCUT2D eigenvalue weighted by atomic mass is 10.1. The van der Waals surface area contributed by atoms with E-state index in [9.17, 15) is 10.2 Å². The molecule has 33 heavy (non-hydrogen) atoms. The molecule has 0 atom stereocenters. The highest BCUT2D eigenvalue weighted by molar-refractivity contribution is 5.63. The summed E-state index contributed by atoms with van der Waals surface area (Å²) >= 11 is 0. The second-order valence-electron chi connectivity index (χ2n) is 7.86. The number of aromatic hydroxyl groups is 2. The molecule has 0 bridgehead atoms. The van der Waals surface area contributed by atoms with Gasteiger partial charge in [0.15, 0.2) is 17.1 Å². The standard InChI is InChI=1S/C27H23N3O3/c1-33-25-16-19(12-13-24(25)31)15-22-27(32)30-17-23(20-10-6-3-7-11-20)28-21(26(30)29-22)14-18-8-4-2-5-9-18/h2-13,16-17,31-32H,14-15H2,1H3. The molecule has 5 aromatic rings. The SMILES string of the molecule is COc1cc(Cc2nc3c(Cc4ccccc4)nc(-c4ccccc4)cn3c2O)ccc1O. The third-order valence-corrected chi connectivity index (χ3v) is 5.62. The molecule has 0 amide bonds. The topological polar surface area (TPSA) is 79.9 Å². The fourth-order valence-corrected chi connectivity index (χ4v) is 3.94. The summed E-state index contributed by atoms with van der Waals surface area (Å²) in [5, 5.41) is 21.0. The average molecular weight is 437 g/mol. The van der Waals surface area contributed by atoms with E-state index < -0.39 is 0 Å². The van der Waals surface area contributed by atoms with Crippen LogP contribution in [0.4, 0.5) is 0 Å². The maximum atomic E-state index is 11.1. The second-order valence-corrected chi connectivity index (χ2v) is 7.86. The number of phenolic OH excluding ortho intramolecular Hbond substituents is 1. The van der Waals surface area contributed by atoms with Gasteiger partial charge in [0.2, 0.25) is 5.88 Å². The number of imidazole rings is 1. The fourth-order valence-electron chi connectivity index (χ4n) is 3.94. The van der Waals surface area contributed by atoms with Gasteiger partial charge in [-0.2, -0.15) is 0 Å². The number of aromatic nitrogens is 3. The third kappa shape index (κ3) is 4.11. The van der Waals surface area contributed by atoms with E-state index in [1.165, 1.54) is 7.11 Å². The lowest BCUT2D eigenvalue weighted by Crippen LogP contribution is -2.00. The molecular formula is C27H23N3O3. The maximum absolute atomic E-state index is 11.1. The van der Waals surface area contributed by atoms with Crippen molar-refractivity contribution in [2.45, 2.75) is 12.8 Å². The summed E-state index contributed by atoms with van der Waals surface area (Å²) in [6.45, 7) is 0. The Hall–Kier alpha value is -4.32. The van der Waals surface area contributed by atoms with Gasteiger partial charge in [-0.15, -0.1) is 0 Å². The second kappa shape index (κ2) is 8.67. The van der Waals surface area contributed by atoms with Crippen LogP contribution in [0.5, 0.6) is 17.4 Å². The van der Waals surface area contributed by atoms with Crippen LogP contribution in [0.25, 0.3) is 16.9 Å². The summed E-state index contributed by atoms with van der Waals surface area (Å²) in [7, 11) is 1.51. The maximum Gasteiger partial charge on any atom is 0.219 e.